The number of carbonyl (C=O) groups is 1. The van der Waals surface area contributed by atoms with Crippen LogP contribution in [0, 0.1) is 0 Å². The summed E-state index contributed by atoms with van der Waals surface area (Å²) in [6.07, 6.45) is 1.54. The van der Waals surface area contributed by atoms with Crippen LogP contribution in [-0.4, -0.2) is 16.7 Å². The average Bonchev–Trinajstić information content (AvgIpc) is 2.81. The second-order valence-electron chi connectivity index (χ2n) is 5.02. The first-order valence-corrected chi connectivity index (χ1v) is 7.58. The van der Waals surface area contributed by atoms with Crippen molar-refractivity contribution in [2.45, 2.75) is 6.92 Å². The van der Waals surface area contributed by atoms with E-state index < -0.39 is 0 Å². The van der Waals surface area contributed by atoms with Crippen LogP contribution < -0.4 is 5.01 Å². The monoisotopic (exact) mass is 346 g/mol. The molecule has 23 heavy (non-hydrogen) atoms. The molecule has 4 nitrogen and oxygen atoms in total. The van der Waals surface area contributed by atoms with Crippen LogP contribution in [0.5, 0.6) is 5.75 Å². The molecule has 0 unspecified atom stereocenters. The van der Waals surface area contributed by atoms with Crippen molar-refractivity contribution in [2.24, 2.45) is 5.10 Å². The fourth-order valence-electron chi connectivity index (χ4n) is 2.28. The number of anilines is 1. The zero-order chi connectivity index (χ0) is 16.6. The van der Waals surface area contributed by atoms with Crippen LogP contribution in [-0.2, 0) is 4.79 Å². The topological polar surface area (TPSA) is 52.9 Å². The molecule has 1 heterocycles. The Labute approximate surface area is 143 Å². The molecule has 2 aromatic rings. The number of carbonyl (C=O) groups excluding carboxylic acids is 1. The van der Waals surface area contributed by atoms with Gasteiger partial charge in [0.15, 0.2) is 0 Å². The lowest BCUT2D eigenvalue weighted by molar-refractivity contribution is -0.114. The van der Waals surface area contributed by atoms with Gasteiger partial charge in [0.25, 0.3) is 5.91 Å². The number of phenols is 1. The number of hydrazone groups is 1. The quantitative estimate of drug-likeness (QED) is 0.813. The van der Waals surface area contributed by atoms with Crippen LogP contribution in [0.15, 0.2) is 53.1 Å². The average molecular weight is 347 g/mol. The Hall–Kier alpha value is -2.30. The van der Waals surface area contributed by atoms with E-state index in [1.54, 1.807) is 25.1 Å². The van der Waals surface area contributed by atoms with Crippen molar-refractivity contribution in [3.05, 3.63) is 63.6 Å². The van der Waals surface area contributed by atoms with E-state index in [0.29, 0.717) is 27.6 Å². The number of halogens is 2. The standard InChI is InChI=1S/C17H12Cl2N2O2/c1-10-14(8-11-7-12(18)9-15(19)16(11)22)17(23)21(20-10)13-5-3-2-4-6-13/h2-9,22H,1H3/b14-8-. The number of para-hydroxylation sites is 1. The molecular weight excluding hydrogens is 335 g/mol. The molecule has 0 saturated carbocycles. The van der Waals surface area contributed by atoms with E-state index in [1.165, 1.54) is 17.2 Å². The molecule has 0 spiro atoms. The van der Waals surface area contributed by atoms with E-state index in [4.69, 9.17) is 23.2 Å². The van der Waals surface area contributed by atoms with Gasteiger partial charge in [0, 0.05) is 10.6 Å². The number of aromatic hydroxyl groups is 1. The van der Waals surface area contributed by atoms with Gasteiger partial charge in [-0.3, -0.25) is 4.79 Å². The highest BCUT2D eigenvalue weighted by Crippen LogP contribution is 2.34. The van der Waals surface area contributed by atoms with Crippen molar-refractivity contribution < 1.29 is 9.90 Å². The third kappa shape index (κ3) is 2.96. The van der Waals surface area contributed by atoms with Gasteiger partial charge >= 0.3 is 0 Å². The lowest BCUT2D eigenvalue weighted by atomic mass is 10.1. The minimum absolute atomic E-state index is 0.123. The van der Waals surface area contributed by atoms with E-state index in [1.807, 2.05) is 18.2 Å². The summed E-state index contributed by atoms with van der Waals surface area (Å²) in [6.45, 7) is 1.73. The number of benzene rings is 2. The van der Waals surface area contributed by atoms with E-state index >= 15 is 0 Å². The predicted molar refractivity (Wildman–Crippen MR) is 93.1 cm³/mol. The molecule has 1 N–H and O–H groups in total. The fraction of sp³-hybridized carbons (Fsp3) is 0.0588. The van der Waals surface area contributed by atoms with Gasteiger partial charge in [-0.2, -0.15) is 10.1 Å². The van der Waals surface area contributed by atoms with Crippen molar-refractivity contribution in [1.82, 2.24) is 0 Å². The van der Waals surface area contributed by atoms with Crippen molar-refractivity contribution in [2.75, 3.05) is 5.01 Å². The predicted octanol–water partition coefficient (Wildman–Crippen LogP) is 4.51. The van der Waals surface area contributed by atoms with E-state index in [9.17, 15) is 9.90 Å². The Bertz CT molecular complexity index is 845. The van der Waals surface area contributed by atoms with Gasteiger partial charge in [-0.25, -0.2) is 0 Å². The van der Waals surface area contributed by atoms with E-state index in [0.717, 1.165) is 0 Å². The van der Waals surface area contributed by atoms with Crippen LogP contribution >= 0.6 is 23.2 Å². The highest BCUT2D eigenvalue weighted by molar-refractivity contribution is 6.36. The molecule has 6 heteroatoms. The second kappa shape index (κ2) is 6.07. The number of rotatable bonds is 2. The summed E-state index contributed by atoms with van der Waals surface area (Å²) < 4.78 is 0. The van der Waals surface area contributed by atoms with E-state index in [-0.39, 0.29) is 16.7 Å². The highest BCUT2D eigenvalue weighted by atomic mass is 35.5. The molecule has 0 atom stereocenters. The Morgan fingerprint density at radius 3 is 2.57 bits per heavy atom. The minimum Gasteiger partial charge on any atom is -0.506 e. The summed E-state index contributed by atoms with van der Waals surface area (Å²) in [5, 5.41) is 16.1. The first-order valence-electron chi connectivity index (χ1n) is 6.82. The molecule has 0 fully saturated rings. The second-order valence-corrected chi connectivity index (χ2v) is 5.87. The van der Waals surface area contributed by atoms with Crippen LogP contribution in [0.2, 0.25) is 10.0 Å². The lowest BCUT2D eigenvalue weighted by Crippen LogP contribution is -2.21. The molecule has 0 radical (unpaired) electrons. The smallest absolute Gasteiger partial charge is 0.280 e. The summed E-state index contributed by atoms with van der Waals surface area (Å²) in [5.74, 6) is -0.397. The Morgan fingerprint density at radius 1 is 1.17 bits per heavy atom. The van der Waals surface area contributed by atoms with Gasteiger partial charge in [0.1, 0.15) is 5.75 Å². The third-order valence-electron chi connectivity index (χ3n) is 3.42. The Morgan fingerprint density at radius 2 is 1.87 bits per heavy atom. The van der Waals surface area contributed by atoms with Gasteiger partial charge in [-0.1, -0.05) is 41.4 Å². The molecular formula is C17H12Cl2N2O2. The largest absolute Gasteiger partial charge is 0.506 e. The molecule has 3 rings (SSSR count). The maximum atomic E-state index is 12.6. The maximum Gasteiger partial charge on any atom is 0.280 e. The molecule has 2 aromatic carbocycles. The Kier molecular flexibility index (Phi) is 4.11. The number of nitrogens with zero attached hydrogens (tertiary/aromatic N) is 2. The minimum atomic E-state index is -0.274. The number of hydrogen-bond acceptors (Lipinski definition) is 3. The SMILES string of the molecule is CC1=NN(c2ccccc2)C(=O)/C1=C\c1cc(Cl)cc(Cl)c1O. The summed E-state index contributed by atoms with van der Waals surface area (Å²) in [5.41, 5.74) is 1.97. The van der Waals surface area contributed by atoms with Crippen molar-refractivity contribution in [3.63, 3.8) is 0 Å². The first-order chi connectivity index (χ1) is 11.0. The Balaban J connectivity index is 2.02. The third-order valence-corrected chi connectivity index (χ3v) is 3.93. The molecule has 0 saturated heterocycles. The van der Waals surface area contributed by atoms with Crippen LogP contribution in [0.1, 0.15) is 12.5 Å². The summed E-state index contributed by atoms with van der Waals surface area (Å²) in [7, 11) is 0. The van der Waals surface area contributed by atoms with Crippen molar-refractivity contribution >= 4 is 46.6 Å². The molecule has 1 amide bonds. The van der Waals surface area contributed by atoms with Gasteiger partial charge < -0.3 is 5.11 Å². The fourth-order valence-corrected chi connectivity index (χ4v) is 2.79. The molecule has 0 bridgehead atoms. The highest BCUT2D eigenvalue weighted by Gasteiger charge is 2.28. The van der Waals surface area contributed by atoms with Gasteiger partial charge in [0.2, 0.25) is 0 Å². The first kappa shape index (κ1) is 15.6. The summed E-state index contributed by atoms with van der Waals surface area (Å²) in [4.78, 5) is 12.6. The maximum absolute atomic E-state index is 12.6. The van der Waals surface area contributed by atoms with Gasteiger partial charge in [-0.05, 0) is 37.3 Å². The lowest BCUT2D eigenvalue weighted by Gasteiger charge is -2.11. The molecule has 0 aromatic heterocycles. The zero-order valence-electron chi connectivity index (χ0n) is 12.1. The number of amides is 1. The van der Waals surface area contributed by atoms with Crippen LogP contribution in [0.25, 0.3) is 6.08 Å². The number of phenolic OH excluding ortho intramolecular Hbond substituents is 1. The van der Waals surface area contributed by atoms with Gasteiger partial charge in [0.05, 0.1) is 22.0 Å². The zero-order valence-corrected chi connectivity index (χ0v) is 13.6. The van der Waals surface area contributed by atoms with Crippen LogP contribution in [0.4, 0.5) is 5.69 Å². The van der Waals surface area contributed by atoms with Gasteiger partial charge in [-0.15, -0.1) is 0 Å². The summed E-state index contributed by atoms with van der Waals surface area (Å²) in [6, 6.07) is 12.1. The van der Waals surface area contributed by atoms with Crippen molar-refractivity contribution in [3.8, 4) is 5.75 Å². The van der Waals surface area contributed by atoms with E-state index in [2.05, 4.69) is 5.10 Å². The molecule has 0 aliphatic carbocycles. The van der Waals surface area contributed by atoms with Crippen molar-refractivity contribution in [1.29, 1.82) is 0 Å². The molecule has 1 aliphatic heterocycles. The normalized spacial score (nSPS) is 16.1. The van der Waals surface area contributed by atoms with Crippen LogP contribution in [0.3, 0.4) is 0 Å². The number of hydrogen-bond donors (Lipinski definition) is 1. The summed E-state index contributed by atoms with van der Waals surface area (Å²) >= 11 is 11.9. The molecule has 1 aliphatic rings. The molecule has 116 valence electrons.